The Labute approximate surface area is 190 Å². The number of halogens is 1. The standard InChI is InChI=1S/C26H17ClN4O/c1-16-22-23(20-10-6-7-11-21(20)32)25(28-2)24(17-12-14-18(27)15-13-17)29-26(22)31(30-16)19-8-4-3-5-9-19/h3-15,32H,1H3. The van der Waals surface area contributed by atoms with Gasteiger partial charge in [-0.1, -0.05) is 60.1 Å². The van der Waals surface area contributed by atoms with Crippen LogP contribution in [0.25, 0.3) is 44.0 Å². The smallest absolute Gasteiger partial charge is 0.221 e. The number of pyridine rings is 1. The zero-order valence-corrected chi connectivity index (χ0v) is 17.9. The molecule has 5 nitrogen and oxygen atoms in total. The van der Waals surface area contributed by atoms with Crippen LogP contribution in [-0.4, -0.2) is 19.9 Å². The number of nitrogens with zero attached hydrogens (tertiary/aromatic N) is 4. The maximum absolute atomic E-state index is 10.7. The van der Waals surface area contributed by atoms with E-state index in [1.165, 1.54) is 0 Å². The predicted octanol–water partition coefficient (Wildman–Crippen LogP) is 6.97. The number of aryl methyl sites for hydroxylation is 1. The lowest BCUT2D eigenvalue weighted by Crippen LogP contribution is -1.99. The Kier molecular flexibility index (Phi) is 4.85. The van der Waals surface area contributed by atoms with Crippen LogP contribution >= 0.6 is 11.6 Å². The first-order chi connectivity index (χ1) is 15.6. The molecule has 0 aliphatic rings. The van der Waals surface area contributed by atoms with E-state index in [0.29, 0.717) is 33.2 Å². The zero-order chi connectivity index (χ0) is 22.2. The Morgan fingerprint density at radius 1 is 0.938 bits per heavy atom. The van der Waals surface area contributed by atoms with Crippen molar-refractivity contribution in [1.29, 1.82) is 0 Å². The molecule has 0 saturated carbocycles. The van der Waals surface area contributed by atoms with Crippen molar-refractivity contribution in [3.05, 3.63) is 101 Å². The van der Waals surface area contributed by atoms with Crippen LogP contribution in [0.3, 0.4) is 0 Å². The molecule has 0 atom stereocenters. The second-order valence-corrected chi connectivity index (χ2v) is 7.79. The van der Waals surface area contributed by atoms with E-state index in [4.69, 9.17) is 28.3 Å². The molecule has 154 valence electrons. The Bertz CT molecular complexity index is 1500. The lowest BCUT2D eigenvalue weighted by Gasteiger charge is -2.14. The fourth-order valence-corrected chi connectivity index (χ4v) is 4.05. The van der Waals surface area contributed by atoms with Gasteiger partial charge in [0.25, 0.3) is 0 Å². The van der Waals surface area contributed by atoms with Crippen LogP contribution in [0.4, 0.5) is 5.69 Å². The van der Waals surface area contributed by atoms with E-state index in [0.717, 1.165) is 22.3 Å². The lowest BCUT2D eigenvalue weighted by atomic mass is 9.96. The van der Waals surface area contributed by atoms with Crippen molar-refractivity contribution in [2.75, 3.05) is 0 Å². The van der Waals surface area contributed by atoms with E-state index in [2.05, 4.69) is 4.85 Å². The van der Waals surface area contributed by atoms with Gasteiger partial charge in [0.1, 0.15) is 5.75 Å². The van der Waals surface area contributed by atoms with Crippen molar-refractivity contribution in [2.45, 2.75) is 6.92 Å². The summed E-state index contributed by atoms with van der Waals surface area (Å²) < 4.78 is 1.78. The predicted molar refractivity (Wildman–Crippen MR) is 127 cm³/mol. The monoisotopic (exact) mass is 436 g/mol. The molecule has 2 aromatic heterocycles. The van der Waals surface area contributed by atoms with Crippen LogP contribution in [0, 0.1) is 13.5 Å². The van der Waals surface area contributed by atoms with Crippen molar-refractivity contribution >= 4 is 28.3 Å². The van der Waals surface area contributed by atoms with Crippen molar-refractivity contribution in [1.82, 2.24) is 14.8 Å². The molecule has 0 amide bonds. The molecule has 6 heteroatoms. The molecule has 5 rings (SSSR count). The largest absolute Gasteiger partial charge is 0.507 e. The van der Waals surface area contributed by atoms with Gasteiger partial charge in [0.2, 0.25) is 5.69 Å². The molecule has 0 bridgehead atoms. The van der Waals surface area contributed by atoms with Gasteiger partial charge < -0.3 is 5.11 Å². The third-order valence-corrected chi connectivity index (χ3v) is 5.62. The van der Waals surface area contributed by atoms with Crippen molar-refractivity contribution in [3.63, 3.8) is 0 Å². The molecule has 3 aromatic carbocycles. The number of fused-ring (bicyclic) bond motifs is 1. The Morgan fingerprint density at radius 3 is 2.31 bits per heavy atom. The fourth-order valence-electron chi connectivity index (χ4n) is 3.92. The van der Waals surface area contributed by atoms with E-state index in [1.807, 2.05) is 61.5 Å². The number of benzene rings is 3. The van der Waals surface area contributed by atoms with Crippen molar-refractivity contribution < 1.29 is 5.11 Å². The summed E-state index contributed by atoms with van der Waals surface area (Å²) in [5.41, 5.74) is 5.02. The first kappa shape index (κ1) is 19.8. The van der Waals surface area contributed by atoms with Gasteiger partial charge in [-0.3, -0.25) is 0 Å². The van der Waals surface area contributed by atoms with Gasteiger partial charge in [-0.2, -0.15) is 5.10 Å². The minimum atomic E-state index is 0.0961. The van der Waals surface area contributed by atoms with Crippen molar-refractivity contribution in [2.24, 2.45) is 0 Å². The summed E-state index contributed by atoms with van der Waals surface area (Å²) in [6.45, 7) is 9.89. The molecule has 5 aromatic rings. The molecule has 0 radical (unpaired) electrons. The highest BCUT2D eigenvalue weighted by molar-refractivity contribution is 6.30. The van der Waals surface area contributed by atoms with Gasteiger partial charge in [0, 0.05) is 21.5 Å². The molecule has 0 aliphatic carbocycles. The topological polar surface area (TPSA) is 55.3 Å². The quantitative estimate of drug-likeness (QED) is 0.310. The van der Waals surface area contributed by atoms with Crippen LogP contribution in [-0.2, 0) is 0 Å². The Morgan fingerprint density at radius 2 is 1.62 bits per heavy atom. The third-order valence-electron chi connectivity index (χ3n) is 5.37. The van der Waals surface area contributed by atoms with Gasteiger partial charge in [0.15, 0.2) is 5.65 Å². The molecule has 0 aliphatic heterocycles. The summed E-state index contributed by atoms with van der Waals surface area (Å²) in [5, 5.41) is 16.8. The Hall–Kier alpha value is -4.14. The molecule has 1 N–H and O–H groups in total. The van der Waals surface area contributed by atoms with E-state index in [-0.39, 0.29) is 5.75 Å². The average molecular weight is 437 g/mol. The summed E-state index contributed by atoms with van der Waals surface area (Å²) in [4.78, 5) is 8.79. The van der Waals surface area contributed by atoms with E-state index in [1.54, 1.807) is 28.9 Å². The number of phenolic OH excluding ortho intramolecular Hbond substituents is 1. The first-order valence-corrected chi connectivity index (χ1v) is 10.4. The van der Waals surface area contributed by atoms with Gasteiger partial charge in [0.05, 0.1) is 23.6 Å². The number of hydrogen-bond acceptors (Lipinski definition) is 3. The third kappa shape index (κ3) is 3.18. The highest BCUT2D eigenvalue weighted by Crippen LogP contribution is 2.46. The summed E-state index contributed by atoms with van der Waals surface area (Å²) in [6.07, 6.45) is 0. The minimum absolute atomic E-state index is 0.0961. The SMILES string of the molecule is [C-]#[N+]c1c(-c2ccc(Cl)cc2)nc2c(c(C)nn2-c2ccccc2)c1-c1ccccc1O. The van der Waals surface area contributed by atoms with Crippen LogP contribution < -0.4 is 0 Å². The van der Waals surface area contributed by atoms with Crippen molar-refractivity contribution in [3.8, 4) is 33.8 Å². The first-order valence-electron chi connectivity index (χ1n) is 9.99. The summed E-state index contributed by atoms with van der Waals surface area (Å²) in [7, 11) is 0. The van der Waals surface area contributed by atoms with Crippen LogP contribution in [0.15, 0.2) is 78.9 Å². The summed E-state index contributed by atoms with van der Waals surface area (Å²) in [5.74, 6) is 0.0961. The fraction of sp³-hybridized carbons (Fsp3) is 0.0385. The molecule has 2 heterocycles. The van der Waals surface area contributed by atoms with Gasteiger partial charge in [-0.05, 0) is 42.8 Å². The second kappa shape index (κ2) is 7.84. The molecule has 0 saturated heterocycles. The van der Waals surface area contributed by atoms with Gasteiger partial charge >= 0.3 is 0 Å². The van der Waals surface area contributed by atoms with Crippen LogP contribution in [0.1, 0.15) is 5.69 Å². The highest BCUT2D eigenvalue weighted by atomic mass is 35.5. The van der Waals surface area contributed by atoms with Gasteiger partial charge in [-0.15, -0.1) is 0 Å². The molecular weight excluding hydrogens is 420 g/mol. The number of para-hydroxylation sites is 2. The molecule has 32 heavy (non-hydrogen) atoms. The van der Waals surface area contributed by atoms with Gasteiger partial charge in [-0.25, -0.2) is 14.5 Å². The number of aromatic nitrogens is 3. The number of phenols is 1. The minimum Gasteiger partial charge on any atom is -0.507 e. The molecule has 0 fully saturated rings. The lowest BCUT2D eigenvalue weighted by molar-refractivity contribution is 0.477. The number of aromatic hydroxyl groups is 1. The van der Waals surface area contributed by atoms with Crippen LogP contribution in [0.5, 0.6) is 5.75 Å². The zero-order valence-electron chi connectivity index (χ0n) is 17.1. The number of hydrogen-bond donors (Lipinski definition) is 1. The molecular formula is C26H17ClN4O. The summed E-state index contributed by atoms with van der Waals surface area (Å²) >= 11 is 6.10. The molecule has 0 unspecified atom stereocenters. The second-order valence-electron chi connectivity index (χ2n) is 7.35. The number of rotatable bonds is 3. The Balaban J connectivity index is 1.96. The summed E-state index contributed by atoms with van der Waals surface area (Å²) in [6, 6.07) is 24.0. The highest BCUT2D eigenvalue weighted by Gasteiger charge is 2.24. The van der Waals surface area contributed by atoms with E-state index in [9.17, 15) is 5.11 Å². The average Bonchev–Trinajstić information content (AvgIpc) is 3.15. The maximum Gasteiger partial charge on any atom is 0.221 e. The van der Waals surface area contributed by atoms with Crippen LogP contribution in [0.2, 0.25) is 5.02 Å². The maximum atomic E-state index is 10.7. The van der Waals surface area contributed by atoms with E-state index < -0.39 is 0 Å². The normalized spacial score (nSPS) is 10.9. The molecule has 0 spiro atoms. The van der Waals surface area contributed by atoms with E-state index >= 15 is 0 Å².